The summed E-state index contributed by atoms with van der Waals surface area (Å²) in [6.07, 6.45) is 0. The Bertz CT molecular complexity index is 566. The molecule has 1 aliphatic rings. The van der Waals surface area contributed by atoms with E-state index < -0.39 is 5.97 Å². The van der Waals surface area contributed by atoms with Crippen LogP contribution < -0.4 is 10.6 Å². The van der Waals surface area contributed by atoms with Gasteiger partial charge in [0.25, 0.3) is 0 Å². The topological polar surface area (TPSA) is 94.5 Å². The largest absolute Gasteiger partial charge is 0.465 e. The second kappa shape index (κ2) is 7.17. The van der Waals surface area contributed by atoms with Crippen molar-refractivity contribution in [1.29, 1.82) is 5.26 Å². The van der Waals surface area contributed by atoms with E-state index in [4.69, 9.17) is 5.26 Å². The molecule has 8 heteroatoms. The molecule has 2 heterocycles. The molecule has 2 rings (SSSR count). The number of piperazine rings is 1. The van der Waals surface area contributed by atoms with Crippen molar-refractivity contribution in [3.63, 3.8) is 0 Å². The summed E-state index contributed by atoms with van der Waals surface area (Å²) in [7, 11) is 1.30. The molecule has 0 bridgehead atoms. The first-order chi connectivity index (χ1) is 10.2. The molecule has 0 saturated carbocycles. The van der Waals surface area contributed by atoms with Crippen molar-refractivity contribution in [3.05, 3.63) is 16.3 Å². The predicted molar refractivity (Wildman–Crippen MR) is 78.1 cm³/mol. The highest BCUT2D eigenvalue weighted by molar-refractivity contribution is 7.12. The first-order valence-corrected chi connectivity index (χ1v) is 7.33. The highest BCUT2D eigenvalue weighted by atomic mass is 32.1. The maximum Gasteiger partial charge on any atom is 0.350 e. The van der Waals surface area contributed by atoms with Crippen LogP contribution in [-0.4, -0.2) is 56.1 Å². The smallest absolute Gasteiger partial charge is 0.350 e. The Morgan fingerprint density at radius 1 is 1.67 bits per heavy atom. The number of carbonyl (C=O) groups excluding carboxylic acids is 2. The fourth-order valence-corrected chi connectivity index (χ4v) is 2.86. The zero-order valence-electron chi connectivity index (χ0n) is 11.6. The van der Waals surface area contributed by atoms with Gasteiger partial charge in [0, 0.05) is 19.6 Å². The van der Waals surface area contributed by atoms with Gasteiger partial charge in [0.05, 0.1) is 25.4 Å². The zero-order chi connectivity index (χ0) is 15.2. The van der Waals surface area contributed by atoms with Crippen LogP contribution in [-0.2, 0) is 9.53 Å². The van der Waals surface area contributed by atoms with Crippen molar-refractivity contribution >= 4 is 28.9 Å². The molecule has 1 atom stereocenters. The molecule has 1 saturated heterocycles. The molecular formula is C13H16N4O3S. The first kappa shape index (κ1) is 15.4. The maximum absolute atomic E-state index is 12.1. The number of ether oxygens (including phenoxy) is 1. The summed E-state index contributed by atoms with van der Waals surface area (Å²) in [6.45, 7) is 2.06. The van der Waals surface area contributed by atoms with Gasteiger partial charge in [0.2, 0.25) is 5.91 Å². The van der Waals surface area contributed by atoms with E-state index in [2.05, 4.69) is 21.4 Å². The fourth-order valence-electron chi connectivity index (χ4n) is 2.10. The molecular weight excluding hydrogens is 292 g/mol. The minimum Gasteiger partial charge on any atom is -0.465 e. The highest BCUT2D eigenvalue weighted by Crippen LogP contribution is 2.23. The van der Waals surface area contributed by atoms with E-state index in [1.807, 2.05) is 4.90 Å². The molecule has 0 aromatic carbocycles. The number of nitrogens with zero attached hydrogens (tertiary/aromatic N) is 2. The maximum atomic E-state index is 12.1. The monoisotopic (exact) mass is 308 g/mol. The Labute approximate surface area is 126 Å². The van der Waals surface area contributed by atoms with Crippen LogP contribution in [0.4, 0.5) is 5.69 Å². The number of hydrogen-bond donors (Lipinski definition) is 2. The minimum atomic E-state index is -0.475. The number of rotatable bonds is 4. The lowest BCUT2D eigenvalue weighted by Crippen LogP contribution is -2.52. The van der Waals surface area contributed by atoms with Crippen molar-refractivity contribution in [2.45, 2.75) is 6.04 Å². The number of nitriles is 1. The predicted octanol–water partition coefficient (Wildman–Crippen LogP) is 0.271. The van der Waals surface area contributed by atoms with Gasteiger partial charge in [-0.2, -0.15) is 5.26 Å². The highest BCUT2D eigenvalue weighted by Gasteiger charge is 2.24. The second-order valence-corrected chi connectivity index (χ2v) is 5.44. The van der Waals surface area contributed by atoms with Crippen molar-refractivity contribution in [3.8, 4) is 6.07 Å². The Hall–Kier alpha value is -1.95. The normalized spacial score (nSPS) is 18.8. The van der Waals surface area contributed by atoms with Crippen LogP contribution in [0.2, 0.25) is 0 Å². The number of carbonyl (C=O) groups is 2. The number of hydrogen-bond acceptors (Lipinski definition) is 7. The standard InChI is InChI=1S/C13H16N4O3S/c1-20-13(19)12-10(2-5-21-12)16-11(18)8-17-4-3-15-7-9(17)6-14/h2,5,9,15H,3-4,7-8H2,1H3,(H,16,18). The van der Waals surface area contributed by atoms with E-state index in [-0.39, 0.29) is 18.5 Å². The van der Waals surface area contributed by atoms with Crippen molar-refractivity contribution in [2.24, 2.45) is 0 Å². The SMILES string of the molecule is COC(=O)c1sccc1NC(=O)CN1CCNCC1C#N. The second-order valence-electron chi connectivity index (χ2n) is 4.52. The fraction of sp³-hybridized carbons (Fsp3) is 0.462. The molecule has 7 nitrogen and oxygen atoms in total. The number of anilines is 1. The molecule has 1 aromatic rings. The van der Waals surface area contributed by atoms with Gasteiger partial charge in [-0.3, -0.25) is 9.69 Å². The van der Waals surface area contributed by atoms with Crippen LogP contribution in [0.1, 0.15) is 9.67 Å². The summed E-state index contributed by atoms with van der Waals surface area (Å²) in [4.78, 5) is 25.8. The summed E-state index contributed by atoms with van der Waals surface area (Å²) in [5, 5.41) is 16.6. The van der Waals surface area contributed by atoms with Gasteiger partial charge < -0.3 is 15.4 Å². The van der Waals surface area contributed by atoms with Gasteiger partial charge in [-0.05, 0) is 11.4 Å². The summed E-state index contributed by atoms with van der Waals surface area (Å²) in [5.41, 5.74) is 0.445. The number of methoxy groups -OCH3 is 1. The quantitative estimate of drug-likeness (QED) is 0.775. The van der Waals surface area contributed by atoms with Gasteiger partial charge in [0.1, 0.15) is 10.9 Å². The zero-order valence-corrected chi connectivity index (χ0v) is 12.4. The summed E-state index contributed by atoms with van der Waals surface area (Å²) in [6, 6.07) is 3.52. The average Bonchev–Trinajstić information content (AvgIpc) is 2.95. The third-order valence-corrected chi connectivity index (χ3v) is 4.05. The molecule has 1 aromatic heterocycles. The molecule has 0 radical (unpaired) electrons. The lowest BCUT2D eigenvalue weighted by molar-refractivity contribution is -0.117. The molecule has 1 aliphatic heterocycles. The third-order valence-electron chi connectivity index (χ3n) is 3.16. The van der Waals surface area contributed by atoms with Gasteiger partial charge in [-0.25, -0.2) is 4.79 Å². The molecule has 0 spiro atoms. The van der Waals surface area contributed by atoms with Crippen molar-refractivity contribution < 1.29 is 14.3 Å². The minimum absolute atomic E-state index is 0.121. The van der Waals surface area contributed by atoms with Crippen LogP contribution in [0.25, 0.3) is 0 Å². The summed E-state index contributed by atoms with van der Waals surface area (Å²) >= 11 is 1.21. The van der Waals surface area contributed by atoms with Gasteiger partial charge >= 0.3 is 5.97 Å². The van der Waals surface area contributed by atoms with E-state index in [1.165, 1.54) is 18.4 Å². The van der Waals surface area contributed by atoms with Crippen LogP contribution in [0.3, 0.4) is 0 Å². The lowest BCUT2D eigenvalue weighted by Gasteiger charge is -2.31. The molecule has 21 heavy (non-hydrogen) atoms. The first-order valence-electron chi connectivity index (χ1n) is 6.45. The Kier molecular flexibility index (Phi) is 5.27. The number of esters is 1. The Balaban J connectivity index is 1.97. The van der Waals surface area contributed by atoms with E-state index in [0.29, 0.717) is 23.7 Å². The summed E-state index contributed by atoms with van der Waals surface area (Å²) in [5.74, 6) is -0.724. The Morgan fingerprint density at radius 3 is 3.19 bits per heavy atom. The number of thiophene rings is 1. The van der Waals surface area contributed by atoms with Crippen LogP contribution in [0.5, 0.6) is 0 Å². The number of amides is 1. The van der Waals surface area contributed by atoms with Crippen LogP contribution >= 0.6 is 11.3 Å². The molecule has 112 valence electrons. The third kappa shape index (κ3) is 3.78. The molecule has 1 unspecified atom stereocenters. The van der Waals surface area contributed by atoms with Gasteiger partial charge in [-0.1, -0.05) is 0 Å². The Morgan fingerprint density at radius 2 is 2.48 bits per heavy atom. The van der Waals surface area contributed by atoms with E-state index in [9.17, 15) is 9.59 Å². The van der Waals surface area contributed by atoms with Gasteiger partial charge in [0.15, 0.2) is 0 Å². The average molecular weight is 308 g/mol. The number of nitrogens with one attached hydrogen (secondary N) is 2. The molecule has 0 aliphatic carbocycles. The van der Waals surface area contributed by atoms with Crippen LogP contribution in [0.15, 0.2) is 11.4 Å². The summed E-state index contributed by atoms with van der Waals surface area (Å²) < 4.78 is 4.66. The van der Waals surface area contributed by atoms with E-state index >= 15 is 0 Å². The van der Waals surface area contributed by atoms with Gasteiger partial charge in [-0.15, -0.1) is 11.3 Å². The van der Waals surface area contributed by atoms with Crippen molar-refractivity contribution in [1.82, 2.24) is 10.2 Å². The van der Waals surface area contributed by atoms with Crippen molar-refractivity contribution in [2.75, 3.05) is 38.6 Å². The molecule has 2 N–H and O–H groups in total. The molecule has 1 fully saturated rings. The van der Waals surface area contributed by atoms with E-state index in [0.717, 1.165) is 6.54 Å². The lowest BCUT2D eigenvalue weighted by atomic mass is 10.2. The molecule has 1 amide bonds. The van der Waals surface area contributed by atoms with E-state index in [1.54, 1.807) is 11.4 Å². The van der Waals surface area contributed by atoms with Crippen LogP contribution in [0, 0.1) is 11.3 Å².